The molecule has 0 aliphatic carbocycles. The van der Waals surface area contributed by atoms with Gasteiger partial charge in [0.1, 0.15) is 0 Å². The van der Waals surface area contributed by atoms with Crippen LogP contribution in [0.15, 0.2) is 0 Å². The van der Waals surface area contributed by atoms with Crippen LogP contribution >= 0.6 is 8.81 Å². The first-order valence-electron chi connectivity index (χ1n) is 0.858. The van der Waals surface area contributed by atoms with Gasteiger partial charge in [0.2, 0.25) is 0 Å². The second kappa shape index (κ2) is 3.32. The Hall–Kier alpha value is 0.320. The van der Waals surface area contributed by atoms with Crippen LogP contribution in [-0.4, -0.2) is 6.66 Å². The Bertz CT molecular complexity index is 10.0. The summed E-state index contributed by atoms with van der Waals surface area (Å²) < 4.78 is 13.3. The molecule has 0 aliphatic heterocycles. The van der Waals surface area contributed by atoms with Gasteiger partial charge in [0.05, 0.1) is 8.81 Å². The maximum Gasteiger partial charge on any atom is 0.0594 e. The Balaban J connectivity index is 1.97. The zero-order valence-electron chi connectivity index (χ0n) is 2.29. The third-order valence-corrected chi connectivity index (χ3v) is 0.231. The molecule has 0 spiro atoms. The van der Waals surface area contributed by atoms with Gasteiger partial charge in [0.15, 0.2) is 0 Å². The van der Waals surface area contributed by atoms with Gasteiger partial charge in [-0.2, -0.15) is 4.73 Å². The summed E-state index contributed by atoms with van der Waals surface area (Å²) in [7, 11) is -0.0262. The predicted octanol–water partition coefficient (Wildman–Crippen LogP) is 1.11. The zero-order chi connectivity index (χ0) is 3.41. The molecule has 0 radical (unpaired) electrons. The van der Waals surface area contributed by atoms with Gasteiger partial charge in [-0.15, -0.1) is 0 Å². The highest BCUT2D eigenvalue weighted by molar-refractivity contribution is 7.30. The lowest BCUT2D eigenvalue weighted by Crippen LogP contribution is -1.36. The van der Waals surface area contributed by atoms with Gasteiger partial charge in [0.25, 0.3) is 0 Å². The Labute approximate surface area is 25.9 Å². The van der Waals surface area contributed by atoms with E-state index in [1.165, 1.54) is 0 Å². The fourth-order valence-corrected chi connectivity index (χ4v) is 0. The highest BCUT2D eigenvalue weighted by Crippen LogP contribution is 2.01. The second-order valence-electron chi connectivity index (χ2n) is 0.281. The number of halogens is 1. The number of rotatable bonds is 1. The highest BCUT2D eigenvalue weighted by Gasteiger charge is 1.57. The summed E-state index contributed by atoms with van der Waals surface area (Å²) in [4.78, 5) is 0. The van der Waals surface area contributed by atoms with Crippen LogP contribution in [0.1, 0.15) is 0 Å². The molecule has 0 aromatic carbocycles. The molecule has 0 aromatic rings. The van der Waals surface area contributed by atoms with E-state index in [4.69, 9.17) is 0 Å². The Morgan fingerprint density at radius 1 is 2.00 bits per heavy atom. The SMILES string of the molecule is CPOF. The van der Waals surface area contributed by atoms with E-state index in [9.17, 15) is 4.53 Å². The van der Waals surface area contributed by atoms with Crippen molar-refractivity contribution in [1.29, 1.82) is 0 Å². The minimum atomic E-state index is -0.0262. The monoisotopic (exact) mass is 82.0 g/mol. The Morgan fingerprint density at radius 2 is 2.25 bits per heavy atom. The molecule has 3 heteroatoms. The van der Waals surface area contributed by atoms with E-state index in [1.807, 2.05) is 0 Å². The van der Waals surface area contributed by atoms with Crippen LogP contribution in [0.5, 0.6) is 0 Å². The first-order chi connectivity index (χ1) is 1.91. The number of hydrogen-bond acceptors (Lipinski definition) is 1. The standard InChI is InChI=1S/CH4FOP/c1-4-3-2/h4H,1H3. The third-order valence-electron chi connectivity index (χ3n) is 0.0772. The molecule has 1 nitrogen and oxygen atoms in total. The van der Waals surface area contributed by atoms with Crippen molar-refractivity contribution in [2.75, 3.05) is 6.66 Å². The molecule has 0 saturated carbocycles. The molecule has 1 unspecified atom stereocenters. The van der Waals surface area contributed by atoms with Gasteiger partial charge < -0.3 is 0 Å². The maximum absolute atomic E-state index is 10.2. The largest absolute Gasteiger partial charge is 0.177 e. The molecule has 0 rings (SSSR count). The van der Waals surface area contributed by atoms with Crippen molar-refractivity contribution in [2.24, 2.45) is 0 Å². The summed E-state index contributed by atoms with van der Waals surface area (Å²) in [5, 5.41) is 0. The smallest absolute Gasteiger partial charge is 0.0594 e. The van der Waals surface area contributed by atoms with Gasteiger partial charge in [-0.1, -0.05) is 0 Å². The topological polar surface area (TPSA) is 9.23 Å². The first-order valence-corrected chi connectivity index (χ1v) is 2.27. The Morgan fingerprint density at radius 3 is 2.25 bits per heavy atom. The quantitative estimate of drug-likeness (QED) is 0.430. The summed E-state index contributed by atoms with van der Waals surface area (Å²) in [6, 6.07) is 0. The van der Waals surface area contributed by atoms with Crippen LogP contribution in [0.4, 0.5) is 4.53 Å². The summed E-state index contributed by atoms with van der Waals surface area (Å²) in [5.74, 6) is 0. The van der Waals surface area contributed by atoms with E-state index in [-0.39, 0.29) is 8.81 Å². The van der Waals surface area contributed by atoms with Crippen molar-refractivity contribution in [3.63, 3.8) is 0 Å². The number of hydrogen-bond donors (Lipinski definition) is 0. The summed E-state index contributed by atoms with van der Waals surface area (Å²) in [5.41, 5.74) is 0. The maximum atomic E-state index is 10.2. The molecule has 0 aliphatic rings. The third kappa shape index (κ3) is 2.32. The van der Waals surface area contributed by atoms with Crippen molar-refractivity contribution < 1.29 is 9.25 Å². The summed E-state index contributed by atoms with van der Waals surface area (Å²) >= 11 is 0. The van der Waals surface area contributed by atoms with Gasteiger partial charge in [0, 0.05) is 0 Å². The van der Waals surface area contributed by atoms with Gasteiger partial charge >= 0.3 is 0 Å². The average Bonchev–Trinajstić information content (AvgIpc) is 1.37. The van der Waals surface area contributed by atoms with Crippen molar-refractivity contribution in [1.82, 2.24) is 0 Å². The van der Waals surface area contributed by atoms with Gasteiger partial charge in [-0.05, 0) is 11.2 Å². The van der Waals surface area contributed by atoms with E-state index in [0.29, 0.717) is 0 Å². The van der Waals surface area contributed by atoms with Gasteiger partial charge in [-0.3, -0.25) is 0 Å². The molecule has 0 fully saturated rings. The van der Waals surface area contributed by atoms with Crippen molar-refractivity contribution in [3.8, 4) is 0 Å². The van der Waals surface area contributed by atoms with Crippen LogP contribution in [0.3, 0.4) is 0 Å². The molecule has 0 heterocycles. The van der Waals surface area contributed by atoms with Crippen molar-refractivity contribution in [2.45, 2.75) is 0 Å². The van der Waals surface area contributed by atoms with E-state index < -0.39 is 0 Å². The normalized spacial score (nSPS) is 10.5. The average molecular weight is 82.0 g/mol. The lowest BCUT2D eigenvalue weighted by molar-refractivity contribution is 0.0163. The zero-order valence-corrected chi connectivity index (χ0v) is 3.29. The summed E-state index contributed by atoms with van der Waals surface area (Å²) in [6.07, 6.45) is 0. The molecular weight excluding hydrogens is 78.0 g/mol. The molecule has 0 bridgehead atoms. The van der Waals surface area contributed by atoms with Crippen LogP contribution < -0.4 is 0 Å². The fraction of sp³-hybridized carbons (Fsp3) is 1.00. The van der Waals surface area contributed by atoms with E-state index >= 15 is 0 Å². The Kier molecular flexibility index (Phi) is 3.59. The van der Waals surface area contributed by atoms with Crippen molar-refractivity contribution >= 4 is 8.81 Å². The van der Waals surface area contributed by atoms with E-state index in [2.05, 4.69) is 4.73 Å². The second-order valence-corrected chi connectivity index (χ2v) is 0.844. The minimum Gasteiger partial charge on any atom is -0.177 e. The molecule has 0 aromatic heterocycles. The van der Waals surface area contributed by atoms with Crippen LogP contribution in [0.25, 0.3) is 0 Å². The molecular formula is CH4FOP. The van der Waals surface area contributed by atoms with Crippen molar-refractivity contribution in [3.05, 3.63) is 0 Å². The molecule has 0 amide bonds. The lowest BCUT2D eigenvalue weighted by atomic mass is 12.0. The fourth-order valence-electron chi connectivity index (χ4n) is 0. The van der Waals surface area contributed by atoms with E-state index in [0.717, 1.165) is 0 Å². The molecule has 4 heavy (non-hydrogen) atoms. The highest BCUT2D eigenvalue weighted by atomic mass is 31.1. The van der Waals surface area contributed by atoms with Gasteiger partial charge in [-0.25, -0.2) is 0 Å². The summed E-state index contributed by atoms with van der Waals surface area (Å²) in [6.45, 7) is 1.61. The molecule has 1 atom stereocenters. The molecule has 26 valence electrons. The minimum absolute atomic E-state index is 0.0262. The first kappa shape index (κ1) is 4.32. The van der Waals surface area contributed by atoms with E-state index in [1.54, 1.807) is 6.66 Å². The van der Waals surface area contributed by atoms with Crippen LogP contribution in [-0.2, 0) is 4.73 Å². The molecule has 0 N–H and O–H groups in total. The predicted molar refractivity (Wildman–Crippen MR) is 16.4 cm³/mol. The molecule has 0 saturated heterocycles. The van der Waals surface area contributed by atoms with Crippen LogP contribution in [0.2, 0.25) is 0 Å². The lowest BCUT2D eigenvalue weighted by Gasteiger charge is -1.67. The van der Waals surface area contributed by atoms with Crippen LogP contribution in [0, 0.1) is 0 Å².